The topological polar surface area (TPSA) is 28.0 Å². The number of aryl methyl sites for hydroxylation is 1. The Morgan fingerprint density at radius 3 is 2.81 bits per heavy atom. The minimum absolute atomic E-state index is 0.870. The highest BCUT2D eigenvalue weighted by Gasteiger charge is 2.32. The predicted octanol–water partition coefficient (Wildman–Crippen LogP) is 3.71. The second-order valence-corrected chi connectivity index (χ2v) is 6.71. The molecule has 0 radical (unpaired) electrons. The van der Waals surface area contributed by atoms with Crippen LogP contribution in [0.25, 0.3) is 0 Å². The fourth-order valence-electron chi connectivity index (χ4n) is 2.95. The van der Waals surface area contributed by atoms with E-state index in [4.69, 9.17) is 9.98 Å². The lowest BCUT2D eigenvalue weighted by molar-refractivity contribution is 0.649. The van der Waals surface area contributed by atoms with Crippen LogP contribution in [0.2, 0.25) is 0 Å². The van der Waals surface area contributed by atoms with Crippen molar-refractivity contribution in [3.8, 4) is 0 Å². The maximum absolute atomic E-state index is 4.95. The number of nitrogens with zero attached hydrogens (tertiary/aromatic N) is 3. The van der Waals surface area contributed by atoms with Gasteiger partial charge < -0.3 is 4.90 Å². The summed E-state index contributed by atoms with van der Waals surface area (Å²) in [5.74, 6) is 2.26. The van der Waals surface area contributed by atoms with Gasteiger partial charge in [0.1, 0.15) is 16.7 Å². The number of hydrogen-bond acceptors (Lipinski definition) is 4. The van der Waals surface area contributed by atoms with Gasteiger partial charge in [0.15, 0.2) is 0 Å². The van der Waals surface area contributed by atoms with Gasteiger partial charge in [-0.15, -0.1) is 11.3 Å². The minimum atomic E-state index is 0.870. The van der Waals surface area contributed by atoms with Gasteiger partial charge in [-0.05, 0) is 25.0 Å². The van der Waals surface area contributed by atoms with E-state index >= 15 is 0 Å². The molecule has 2 aliphatic rings. The standard InChI is InChI=1S/C17H17N3S/c1-11-12(2)21-17-15(11)16-18-8-9-20(16)14(19-17)10-13-6-4-3-5-7-13/h3-7H,8-10H2,1-2H3. The van der Waals surface area contributed by atoms with Crippen LogP contribution in [0.5, 0.6) is 0 Å². The van der Waals surface area contributed by atoms with Crippen LogP contribution in [0, 0.1) is 13.8 Å². The second kappa shape index (κ2) is 4.81. The third kappa shape index (κ3) is 2.02. The van der Waals surface area contributed by atoms with Crippen LogP contribution in [0.1, 0.15) is 21.6 Å². The van der Waals surface area contributed by atoms with Gasteiger partial charge in [0, 0.05) is 17.8 Å². The van der Waals surface area contributed by atoms with Gasteiger partial charge in [0.05, 0.1) is 12.1 Å². The molecule has 21 heavy (non-hydrogen) atoms. The van der Waals surface area contributed by atoms with Gasteiger partial charge in [-0.1, -0.05) is 30.3 Å². The summed E-state index contributed by atoms with van der Waals surface area (Å²) in [5.41, 5.74) is 3.89. The Bertz CT molecular complexity index is 756. The first-order chi connectivity index (χ1) is 10.2. The molecule has 0 spiro atoms. The van der Waals surface area contributed by atoms with Crippen LogP contribution < -0.4 is 0 Å². The molecule has 0 atom stereocenters. The summed E-state index contributed by atoms with van der Waals surface area (Å²) in [6, 6.07) is 10.6. The van der Waals surface area contributed by atoms with Crippen LogP contribution >= 0.6 is 11.3 Å². The maximum Gasteiger partial charge on any atom is 0.139 e. The Hall–Kier alpha value is -1.94. The molecular weight excluding hydrogens is 278 g/mol. The minimum Gasteiger partial charge on any atom is -0.312 e. The van der Waals surface area contributed by atoms with E-state index < -0.39 is 0 Å². The highest BCUT2D eigenvalue weighted by molar-refractivity contribution is 7.16. The zero-order valence-corrected chi connectivity index (χ0v) is 13.1. The molecule has 0 aliphatic carbocycles. The highest BCUT2D eigenvalue weighted by atomic mass is 32.1. The number of thiophene rings is 1. The van der Waals surface area contributed by atoms with Crippen molar-refractivity contribution in [2.75, 3.05) is 13.1 Å². The molecule has 0 N–H and O–H groups in total. The van der Waals surface area contributed by atoms with Gasteiger partial charge in [-0.3, -0.25) is 4.99 Å². The van der Waals surface area contributed by atoms with E-state index in [1.165, 1.54) is 21.6 Å². The summed E-state index contributed by atoms with van der Waals surface area (Å²) >= 11 is 1.79. The molecule has 0 saturated carbocycles. The van der Waals surface area contributed by atoms with Crippen molar-refractivity contribution < 1.29 is 0 Å². The van der Waals surface area contributed by atoms with Crippen LogP contribution in [0.4, 0.5) is 5.00 Å². The average molecular weight is 295 g/mol. The molecule has 0 saturated heterocycles. The molecule has 4 rings (SSSR count). The van der Waals surface area contributed by atoms with Gasteiger partial charge in [-0.25, -0.2) is 4.99 Å². The van der Waals surface area contributed by atoms with Crippen LogP contribution in [-0.4, -0.2) is 29.7 Å². The Morgan fingerprint density at radius 2 is 2.00 bits per heavy atom. The molecule has 0 unspecified atom stereocenters. The van der Waals surface area contributed by atoms with Crippen molar-refractivity contribution in [1.29, 1.82) is 0 Å². The van der Waals surface area contributed by atoms with Crippen LogP contribution in [0.3, 0.4) is 0 Å². The molecule has 2 aromatic rings. The first-order valence-corrected chi connectivity index (χ1v) is 8.09. The lowest BCUT2D eigenvalue weighted by Gasteiger charge is -2.26. The third-order valence-electron chi connectivity index (χ3n) is 4.18. The van der Waals surface area contributed by atoms with Crippen molar-refractivity contribution in [3.05, 3.63) is 51.9 Å². The Morgan fingerprint density at radius 1 is 1.19 bits per heavy atom. The monoisotopic (exact) mass is 295 g/mol. The Kier molecular flexibility index (Phi) is 2.93. The molecule has 1 aromatic carbocycles. The fourth-order valence-corrected chi connectivity index (χ4v) is 4.00. The summed E-state index contributed by atoms with van der Waals surface area (Å²) in [5, 5.41) is 1.13. The summed E-state index contributed by atoms with van der Waals surface area (Å²) in [6.45, 7) is 6.18. The SMILES string of the molecule is Cc1sc2c(c1C)C1=NCCN1C(Cc1ccccc1)=N2. The molecule has 0 bridgehead atoms. The Balaban J connectivity index is 1.79. The highest BCUT2D eigenvalue weighted by Crippen LogP contribution is 2.39. The summed E-state index contributed by atoms with van der Waals surface area (Å²) in [6.07, 6.45) is 0.870. The van der Waals surface area contributed by atoms with E-state index in [9.17, 15) is 0 Å². The molecule has 2 aliphatic heterocycles. The van der Waals surface area contributed by atoms with E-state index in [1.807, 2.05) is 0 Å². The van der Waals surface area contributed by atoms with E-state index in [0.717, 1.165) is 36.2 Å². The molecule has 0 amide bonds. The van der Waals surface area contributed by atoms with Crippen molar-refractivity contribution >= 4 is 28.0 Å². The van der Waals surface area contributed by atoms with Crippen LogP contribution in [0.15, 0.2) is 40.3 Å². The number of hydrogen-bond donors (Lipinski definition) is 0. The van der Waals surface area contributed by atoms with Crippen molar-refractivity contribution in [1.82, 2.24) is 4.90 Å². The second-order valence-electron chi connectivity index (χ2n) is 5.51. The molecule has 3 nitrogen and oxygen atoms in total. The molecule has 106 valence electrons. The zero-order chi connectivity index (χ0) is 14.4. The smallest absolute Gasteiger partial charge is 0.139 e. The molecule has 1 aromatic heterocycles. The quantitative estimate of drug-likeness (QED) is 0.830. The van der Waals surface area contributed by atoms with E-state index in [2.05, 4.69) is 49.1 Å². The summed E-state index contributed by atoms with van der Waals surface area (Å²) in [7, 11) is 0. The van der Waals surface area contributed by atoms with E-state index in [0.29, 0.717) is 0 Å². The first-order valence-electron chi connectivity index (χ1n) is 7.28. The molecule has 0 fully saturated rings. The molecular formula is C17H17N3S. The van der Waals surface area contributed by atoms with Crippen molar-refractivity contribution in [2.24, 2.45) is 9.98 Å². The zero-order valence-electron chi connectivity index (χ0n) is 12.3. The molecule has 4 heteroatoms. The third-order valence-corrected chi connectivity index (χ3v) is 5.28. The summed E-state index contributed by atoms with van der Waals surface area (Å²) < 4.78 is 0. The van der Waals surface area contributed by atoms with Gasteiger partial charge >= 0.3 is 0 Å². The van der Waals surface area contributed by atoms with Gasteiger partial charge in [-0.2, -0.15) is 0 Å². The van der Waals surface area contributed by atoms with Gasteiger partial charge in [0.2, 0.25) is 0 Å². The van der Waals surface area contributed by atoms with Crippen molar-refractivity contribution in [2.45, 2.75) is 20.3 Å². The lowest BCUT2D eigenvalue weighted by Crippen LogP contribution is -2.38. The van der Waals surface area contributed by atoms with Crippen LogP contribution in [-0.2, 0) is 6.42 Å². The summed E-state index contributed by atoms with van der Waals surface area (Å²) in [4.78, 5) is 13.3. The maximum atomic E-state index is 4.95. The predicted molar refractivity (Wildman–Crippen MR) is 89.1 cm³/mol. The normalized spacial score (nSPS) is 16.4. The Labute approximate surface area is 128 Å². The average Bonchev–Trinajstić information content (AvgIpc) is 3.06. The number of aliphatic imine (C=N–C) groups is 2. The lowest BCUT2D eigenvalue weighted by atomic mass is 10.1. The van der Waals surface area contributed by atoms with Crippen molar-refractivity contribution in [3.63, 3.8) is 0 Å². The largest absolute Gasteiger partial charge is 0.312 e. The number of amidine groups is 2. The number of fused-ring (bicyclic) bond motifs is 3. The fraction of sp³-hybridized carbons (Fsp3) is 0.294. The first kappa shape index (κ1) is 12.8. The number of rotatable bonds is 2. The number of benzene rings is 1. The van der Waals surface area contributed by atoms with E-state index in [-0.39, 0.29) is 0 Å². The van der Waals surface area contributed by atoms with Gasteiger partial charge in [0.25, 0.3) is 0 Å². The van der Waals surface area contributed by atoms with E-state index in [1.54, 1.807) is 11.3 Å². The molecule has 3 heterocycles.